The lowest BCUT2D eigenvalue weighted by molar-refractivity contribution is -0.116. The van der Waals surface area contributed by atoms with E-state index in [4.69, 9.17) is 11.6 Å². The second-order valence-corrected chi connectivity index (χ2v) is 4.08. The number of hydrogen-bond donors (Lipinski definition) is 0. The van der Waals surface area contributed by atoms with Gasteiger partial charge in [-0.15, -0.1) is 11.6 Å². The van der Waals surface area contributed by atoms with Crippen molar-refractivity contribution in [3.63, 3.8) is 0 Å². The lowest BCUT2D eigenvalue weighted by Gasteiger charge is -2.06. The molecule has 0 fully saturated rings. The largest absolute Gasteiger partial charge is 0.298 e. The lowest BCUT2D eigenvalue weighted by atomic mass is 10.0. The highest BCUT2D eigenvalue weighted by Gasteiger charge is 2.06. The monoisotopic (exact) mass is 274 g/mol. The van der Waals surface area contributed by atoms with Crippen LogP contribution in [-0.2, 0) is 16.5 Å². The van der Waals surface area contributed by atoms with E-state index < -0.39 is 0 Å². The summed E-state index contributed by atoms with van der Waals surface area (Å²) in [6, 6.07) is 6.10. The molecule has 0 saturated heterocycles. The summed E-state index contributed by atoms with van der Waals surface area (Å²) in [4.78, 5) is 11.2. The van der Waals surface area contributed by atoms with Crippen molar-refractivity contribution in [2.24, 2.45) is 0 Å². The molecule has 0 saturated carbocycles. The minimum absolute atomic E-state index is 0.0673. The zero-order valence-electron chi connectivity index (χ0n) is 8.02. The summed E-state index contributed by atoms with van der Waals surface area (Å²) >= 11 is 8.88. The molecule has 1 aromatic rings. The Hall–Kier alpha value is -0.340. The van der Waals surface area contributed by atoms with E-state index in [0.29, 0.717) is 6.42 Å². The molecule has 0 spiro atoms. The summed E-state index contributed by atoms with van der Waals surface area (Å²) < 4.78 is 0. The maximum absolute atomic E-state index is 11.2. The average molecular weight is 276 g/mol. The van der Waals surface area contributed by atoms with Crippen LogP contribution in [0.4, 0.5) is 0 Å². The van der Waals surface area contributed by atoms with Gasteiger partial charge in [0.2, 0.25) is 0 Å². The van der Waals surface area contributed by atoms with Crippen LogP contribution in [0.5, 0.6) is 0 Å². The first kappa shape index (κ1) is 11.7. The van der Waals surface area contributed by atoms with E-state index in [9.17, 15) is 4.79 Å². The molecule has 3 heteroatoms. The molecular weight excluding hydrogens is 263 g/mol. The summed E-state index contributed by atoms with van der Waals surface area (Å²) in [7, 11) is 0. The Bertz CT molecular complexity index is 336. The number of carbonyl (C=O) groups excluding carboxylic acids is 1. The fourth-order valence-corrected chi connectivity index (χ4v) is 1.93. The van der Waals surface area contributed by atoms with Crippen molar-refractivity contribution < 1.29 is 4.79 Å². The summed E-state index contributed by atoms with van der Waals surface area (Å²) in [5, 5.41) is 0.777. The Labute approximate surface area is 97.6 Å². The number of rotatable bonds is 4. The van der Waals surface area contributed by atoms with E-state index in [1.165, 1.54) is 11.1 Å². The predicted molar refractivity (Wildman–Crippen MR) is 63.2 cm³/mol. The van der Waals surface area contributed by atoms with Crippen LogP contribution in [-0.4, -0.2) is 11.7 Å². The minimum atomic E-state index is 0.0673. The molecule has 76 valence electrons. The molecule has 0 aromatic heterocycles. The molecule has 14 heavy (non-hydrogen) atoms. The molecule has 0 unspecified atom stereocenters. The van der Waals surface area contributed by atoms with Crippen LogP contribution in [0.1, 0.15) is 16.7 Å². The molecule has 0 heterocycles. The second kappa shape index (κ2) is 5.52. The Morgan fingerprint density at radius 3 is 2.71 bits per heavy atom. The third-order valence-electron chi connectivity index (χ3n) is 2.04. The normalized spacial score (nSPS) is 10.2. The summed E-state index contributed by atoms with van der Waals surface area (Å²) in [6.07, 6.45) is 0.435. The number of halogens is 2. The highest BCUT2D eigenvalue weighted by Crippen LogP contribution is 2.16. The van der Waals surface area contributed by atoms with Crippen molar-refractivity contribution in [2.75, 3.05) is 5.88 Å². The van der Waals surface area contributed by atoms with Gasteiger partial charge in [-0.1, -0.05) is 39.7 Å². The minimum Gasteiger partial charge on any atom is -0.298 e. The smallest absolute Gasteiger partial charge is 0.151 e. The Kier molecular flexibility index (Phi) is 4.63. The van der Waals surface area contributed by atoms with Gasteiger partial charge >= 0.3 is 0 Å². The molecule has 0 bridgehead atoms. The molecule has 1 rings (SSSR count). The van der Waals surface area contributed by atoms with Gasteiger partial charge in [0.05, 0.1) is 5.88 Å². The van der Waals surface area contributed by atoms with Crippen molar-refractivity contribution in [1.82, 2.24) is 0 Å². The van der Waals surface area contributed by atoms with Gasteiger partial charge in [0, 0.05) is 11.8 Å². The number of ketones is 1. The van der Waals surface area contributed by atoms with Crippen molar-refractivity contribution in [3.8, 4) is 0 Å². The molecule has 1 nitrogen and oxygen atoms in total. The number of aryl methyl sites for hydroxylation is 1. The van der Waals surface area contributed by atoms with Gasteiger partial charge in [-0.3, -0.25) is 4.79 Å². The first-order chi connectivity index (χ1) is 6.67. The van der Waals surface area contributed by atoms with Gasteiger partial charge < -0.3 is 0 Å². The van der Waals surface area contributed by atoms with Crippen LogP contribution in [0.25, 0.3) is 0 Å². The van der Waals surface area contributed by atoms with Crippen molar-refractivity contribution in [3.05, 3.63) is 34.9 Å². The standard InChI is InChI=1S/C11H12BrClO/c1-8-2-3-9(5-11(14)7-13)10(4-8)6-12/h2-4H,5-7H2,1H3. The zero-order valence-corrected chi connectivity index (χ0v) is 10.4. The van der Waals surface area contributed by atoms with E-state index in [-0.39, 0.29) is 11.7 Å². The molecule has 0 aliphatic carbocycles. The number of Topliss-reactive ketones (excluding diaryl/α,β-unsaturated/α-hetero) is 1. The quantitative estimate of drug-likeness (QED) is 0.771. The van der Waals surface area contributed by atoms with Crippen molar-refractivity contribution in [2.45, 2.75) is 18.7 Å². The summed E-state index contributed by atoms with van der Waals surface area (Å²) in [5.74, 6) is 0.160. The number of benzene rings is 1. The zero-order chi connectivity index (χ0) is 10.6. The summed E-state index contributed by atoms with van der Waals surface area (Å²) in [5.41, 5.74) is 3.45. The second-order valence-electron chi connectivity index (χ2n) is 3.25. The highest BCUT2D eigenvalue weighted by atomic mass is 79.9. The van der Waals surface area contributed by atoms with Gasteiger partial charge in [0.15, 0.2) is 5.78 Å². The number of hydrogen-bond acceptors (Lipinski definition) is 1. The van der Waals surface area contributed by atoms with Crippen LogP contribution >= 0.6 is 27.5 Å². The highest BCUT2D eigenvalue weighted by molar-refractivity contribution is 9.08. The van der Waals surface area contributed by atoms with E-state index in [1.54, 1.807) is 0 Å². The molecule has 0 N–H and O–H groups in total. The maximum Gasteiger partial charge on any atom is 0.151 e. The Morgan fingerprint density at radius 1 is 1.43 bits per heavy atom. The predicted octanol–water partition coefficient (Wildman–Crippen LogP) is 3.24. The molecular formula is C11H12BrClO. The molecule has 1 aromatic carbocycles. The van der Waals surface area contributed by atoms with E-state index in [1.807, 2.05) is 19.1 Å². The third kappa shape index (κ3) is 3.10. The Balaban J connectivity index is 2.90. The van der Waals surface area contributed by atoms with Crippen LogP contribution in [0, 0.1) is 6.92 Å². The average Bonchev–Trinajstić information content (AvgIpc) is 2.20. The third-order valence-corrected chi connectivity index (χ3v) is 2.94. The fraction of sp³-hybridized carbons (Fsp3) is 0.364. The topological polar surface area (TPSA) is 17.1 Å². The lowest BCUT2D eigenvalue weighted by Crippen LogP contribution is -2.05. The van der Waals surface area contributed by atoms with E-state index in [2.05, 4.69) is 22.0 Å². The Morgan fingerprint density at radius 2 is 2.14 bits per heavy atom. The first-order valence-electron chi connectivity index (χ1n) is 4.39. The number of alkyl halides is 2. The number of carbonyl (C=O) groups is 1. The van der Waals surface area contributed by atoms with Gasteiger partial charge in [-0.2, -0.15) is 0 Å². The van der Waals surface area contributed by atoms with Gasteiger partial charge in [-0.05, 0) is 18.1 Å². The first-order valence-corrected chi connectivity index (χ1v) is 6.05. The molecule has 0 radical (unpaired) electrons. The van der Waals surface area contributed by atoms with E-state index in [0.717, 1.165) is 10.9 Å². The van der Waals surface area contributed by atoms with Gasteiger partial charge in [0.25, 0.3) is 0 Å². The van der Waals surface area contributed by atoms with Gasteiger partial charge in [0.1, 0.15) is 0 Å². The maximum atomic E-state index is 11.2. The van der Waals surface area contributed by atoms with Crippen LogP contribution in [0.3, 0.4) is 0 Å². The van der Waals surface area contributed by atoms with Crippen molar-refractivity contribution >= 4 is 33.3 Å². The molecule has 0 aliphatic heterocycles. The van der Waals surface area contributed by atoms with Crippen molar-refractivity contribution in [1.29, 1.82) is 0 Å². The molecule has 0 aliphatic rings. The summed E-state index contributed by atoms with van der Waals surface area (Å²) in [6.45, 7) is 2.04. The van der Waals surface area contributed by atoms with Crippen LogP contribution in [0.15, 0.2) is 18.2 Å². The van der Waals surface area contributed by atoms with Crippen LogP contribution in [0.2, 0.25) is 0 Å². The fourth-order valence-electron chi connectivity index (χ4n) is 1.31. The van der Waals surface area contributed by atoms with E-state index >= 15 is 0 Å². The SMILES string of the molecule is Cc1ccc(CC(=O)CCl)c(CBr)c1. The van der Waals surface area contributed by atoms with Crippen LogP contribution < -0.4 is 0 Å². The molecule has 0 amide bonds. The van der Waals surface area contributed by atoms with Gasteiger partial charge in [-0.25, -0.2) is 0 Å². The molecule has 0 atom stereocenters.